The molecule has 1 heterocycles. The molecule has 0 radical (unpaired) electrons. The predicted octanol–water partition coefficient (Wildman–Crippen LogP) is 3.47. The number of carbonyl (C=O) groups excluding carboxylic acids is 2. The monoisotopic (exact) mass is 341 g/mol. The van der Waals surface area contributed by atoms with Crippen LogP contribution in [0.3, 0.4) is 0 Å². The van der Waals surface area contributed by atoms with Gasteiger partial charge in [-0.3, -0.25) is 0 Å². The Morgan fingerprint density at radius 3 is 2.54 bits per heavy atom. The second-order valence-corrected chi connectivity index (χ2v) is 5.34. The molecule has 0 fully saturated rings. The molecule has 0 spiro atoms. The van der Waals surface area contributed by atoms with Crippen LogP contribution in [0.15, 0.2) is 59.2 Å². The van der Waals surface area contributed by atoms with E-state index >= 15 is 0 Å². The van der Waals surface area contributed by atoms with Gasteiger partial charge < -0.3 is 9.47 Å². The van der Waals surface area contributed by atoms with Crippen molar-refractivity contribution >= 4 is 35.5 Å². The zero-order valence-electron chi connectivity index (χ0n) is 12.7. The first-order valence-electron chi connectivity index (χ1n) is 7.04. The van der Waals surface area contributed by atoms with Gasteiger partial charge in [0.25, 0.3) is 0 Å². The van der Waals surface area contributed by atoms with E-state index in [0.29, 0.717) is 21.7 Å². The minimum absolute atomic E-state index is 0.163. The van der Waals surface area contributed by atoms with Crippen molar-refractivity contribution in [2.45, 2.75) is 0 Å². The topological polar surface area (TPSA) is 65.0 Å². The van der Waals surface area contributed by atoms with Gasteiger partial charge in [-0.1, -0.05) is 35.9 Å². The summed E-state index contributed by atoms with van der Waals surface area (Å²) in [6.07, 6.45) is 1.58. The molecule has 3 rings (SSSR count). The van der Waals surface area contributed by atoms with Crippen LogP contribution < -0.4 is 0 Å². The molecular formula is C18H12ClNO4. The fraction of sp³-hybridized carbons (Fsp3) is 0.0556. The van der Waals surface area contributed by atoms with E-state index < -0.39 is 11.9 Å². The number of halogens is 1. The van der Waals surface area contributed by atoms with Crippen molar-refractivity contribution in [1.82, 2.24) is 0 Å². The molecule has 0 unspecified atom stereocenters. The van der Waals surface area contributed by atoms with Gasteiger partial charge in [0.15, 0.2) is 5.70 Å². The number of aliphatic imine (C=N–C) groups is 1. The van der Waals surface area contributed by atoms with E-state index in [0.717, 1.165) is 0 Å². The average Bonchev–Trinajstić information content (AvgIpc) is 2.95. The van der Waals surface area contributed by atoms with Gasteiger partial charge in [0.1, 0.15) is 0 Å². The van der Waals surface area contributed by atoms with Crippen molar-refractivity contribution < 1.29 is 19.1 Å². The van der Waals surface area contributed by atoms with Crippen molar-refractivity contribution in [2.75, 3.05) is 7.11 Å². The van der Waals surface area contributed by atoms with Gasteiger partial charge in [-0.25, -0.2) is 14.6 Å². The van der Waals surface area contributed by atoms with Crippen LogP contribution in [0.1, 0.15) is 21.5 Å². The molecule has 0 saturated heterocycles. The van der Waals surface area contributed by atoms with Crippen LogP contribution in [-0.2, 0) is 14.3 Å². The van der Waals surface area contributed by atoms with Gasteiger partial charge in [0.2, 0.25) is 5.90 Å². The lowest BCUT2D eigenvalue weighted by molar-refractivity contribution is -0.129. The Bertz CT molecular complexity index is 869. The molecule has 0 saturated carbocycles. The highest BCUT2D eigenvalue weighted by molar-refractivity contribution is 6.34. The minimum atomic E-state index is -0.554. The molecule has 0 amide bonds. The van der Waals surface area contributed by atoms with Gasteiger partial charge in [0, 0.05) is 0 Å². The number of nitrogens with zero attached hydrogens (tertiary/aromatic N) is 1. The lowest BCUT2D eigenvalue weighted by Crippen LogP contribution is -2.05. The van der Waals surface area contributed by atoms with Crippen LogP contribution in [0, 0.1) is 0 Å². The van der Waals surface area contributed by atoms with Gasteiger partial charge in [0.05, 0.1) is 23.3 Å². The molecule has 0 aromatic heterocycles. The molecule has 0 N–H and O–H groups in total. The molecule has 0 aliphatic carbocycles. The van der Waals surface area contributed by atoms with E-state index in [1.54, 1.807) is 54.6 Å². The van der Waals surface area contributed by atoms with E-state index in [1.165, 1.54) is 7.11 Å². The number of esters is 2. The van der Waals surface area contributed by atoms with Crippen molar-refractivity contribution in [3.8, 4) is 0 Å². The first-order chi connectivity index (χ1) is 11.6. The SMILES string of the molecule is COC(=O)c1ccc(/C=C2\N=C(c3ccccc3Cl)OC2=O)cc1. The van der Waals surface area contributed by atoms with E-state index in [4.69, 9.17) is 16.3 Å². The molecule has 6 heteroatoms. The van der Waals surface area contributed by atoms with Crippen LogP contribution in [0.4, 0.5) is 0 Å². The van der Waals surface area contributed by atoms with Crippen molar-refractivity contribution in [3.63, 3.8) is 0 Å². The third-order valence-electron chi connectivity index (χ3n) is 3.36. The van der Waals surface area contributed by atoms with Crippen molar-refractivity contribution in [1.29, 1.82) is 0 Å². The molecule has 1 aliphatic heterocycles. The standard InChI is InChI=1S/C18H12ClNO4/c1-23-17(21)12-8-6-11(7-9-12)10-15-18(22)24-16(20-15)13-4-2-3-5-14(13)19/h2-10H,1H3/b15-10-. The zero-order chi connectivity index (χ0) is 17.1. The molecule has 1 aliphatic rings. The Hall–Kier alpha value is -2.92. The summed E-state index contributed by atoms with van der Waals surface area (Å²) in [6, 6.07) is 13.6. The highest BCUT2D eigenvalue weighted by Crippen LogP contribution is 2.23. The Kier molecular flexibility index (Phi) is 4.44. The largest absolute Gasteiger partial charge is 0.465 e. The number of rotatable bonds is 3. The molecule has 0 atom stereocenters. The summed E-state index contributed by atoms with van der Waals surface area (Å²) in [6.45, 7) is 0. The smallest absolute Gasteiger partial charge is 0.363 e. The third kappa shape index (κ3) is 3.21. The summed E-state index contributed by atoms with van der Waals surface area (Å²) in [5.41, 5.74) is 1.85. The number of ether oxygens (including phenoxy) is 2. The fourth-order valence-electron chi connectivity index (χ4n) is 2.15. The number of hydrogen-bond acceptors (Lipinski definition) is 5. The number of carbonyl (C=O) groups is 2. The minimum Gasteiger partial charge on any atom is -0.465 e. The molecular weight excluding hydrogens is 330 g/mol. The quantitative estimate of drug-likeness (QED) is 0.633. The van der Waals surface area contributed by atoms with E-state index in [2.05, 4.69) is 9.73 Å². The lowest BCUT2D eigenvalue weighted by Gasteiger charge is -2.00. The normalized spacial score (nSPS) is 15.2. The van der Waals surface area contributed by atoms with Crippen LogP contribution in [-0.4, -0.2) is 24.9 Å². The van der Waals surface area contributed by atoms with Gasteiger partial charge >= 0.3 is 11.9 Å². The molecule has 2 aromatic carbocycles. The maximum Gasteiger partial charge on any atom is 0.363 e. The highest BCUT2D eigenvalue weighted by atomic mass is 35.5. The molecule has 0 bridgehead atoms. The summed E-state index contributed by atoms with van der Waals surface area (Å²) in [4.78, 5) is 27.6. The van der Waals surface area contributed by atoms with Gasteiger partial charge in [-0.2, -0.15) is 0 Å². The summed E-state index contributed by atoms with van der Waals surface area (Å²) < 4.78 is 9.81. The predicted molar refractivity (Wildman–Crippen MR) is 89.8 cm³/mol. The molecule has 5 nitrogen and oxygen atoms in total. The maximum atomic E-state index is 12.0. The lowest BCUT2D eigenvalue weighted by atomic mass is 10.1. The number of benzene rings is 2. The zero-order valence-corrected chi connectivity index (χ0v) is 13.4. The molecule has 24 heavy (non-hydrogen) atoms. The number of methoxy groups -OCH3 is 1. The number of hydrogen-bond donors (Lipinski definition) is 0. The summed E-state index contributed by atoms with van der Waals surface area (Å²) >= 11 is 6.09. The third-order valence-corrected chi connectivity index (χ3v) is 3.69. The summed E-state index contributed by atoms with van der Waals surface area (Å²) in [5, 5.41) is 0.452. The van der Waals surface area contributed by atoms with Crippen LogP contribution in [0.2, 0.25) is 5.02 Å². The average molecular weight is 342 g/mol. The van der Waals surface area contributed by atoms with E-state index in [-0.39, 0.29) is 11.6 Å². The van der Waals surface area contributed by atoms with Crippen molar-refractivity contribution in [3.05, 3.63) is 75.9 Å². The first kappa shape index (κ1) is 16.0. The fourth-order valence-corrected chi connectivity index (χ4v) is 2.37. The second kappa shape index (κ2) is 6.68. The van der Waals surface area contributed by atoms with Crippen LogP contribution in [0.25, 0.3) is 6.08 Å². The summed E-state index contributed by atoms with van der Waals surface area (Å²) in [5.74, 6) is -0.807. The van der Waals surface area contributed by atoms with Gasteiger partial charge in [-0.05, 0) is 35.9 Å². The Morgan fingerprint density at radius 2 is 1.88 bits per heavy atom. The highest BCUT2D eigenvalue weighted by Gasteiger charge is 2.25. The Morgan fingerprint density at radius 1 is 1.17 bits per heavy atom. The maximum absolute atomic E-state index is 12.0. The molecule has 120 valence electrons. The van der Waals surface area contributed by atoms with Crippen LogP contribution >= 0.6 is 11.6 Å². The van der Waals surface area contributed by atoms with Gasteiger partial charge in [-0.15, -0.1) is 0 Å². The van der Waals surface area contributed by atoms with Crippen molar-refractivity contribution in [2.24, 2.45) is 4.99 Å². The van der Waals surface area contributed by atoms with Crippen LogP contribution in [0.5, 0.6) is 0 Å². The summed E-state index contributed by atoms with van der Waals surface area (Å²) in [7, 11) is 1.32. The second-order valence-electron chi connectivity index (χ2n) is 4.93. The van der Waals surface area contributed by atoms with E-state index in [1.807, 2.05) is 0 Å². The Labute approximate surface area is 143 Å². The number of cyclic esters (lactones) is 1. The first-order valence-corrected chi connectivity index (χ1v) is 7.42. The Balaban J connectivity index is 1.89. The molecule has 2 aromatic rings. The van der Waals surface area contributed by atoms with E-state index in [9.17, 15) is 9.59 Å².